The van der Waals surface area contributed by atoms with E-state index in [1.807, 2.05) is 41.5 Å². The molecule has 0 saturated carbocycles. The average Bonchev–Trinajstić information content (AvgIpc) is 3.13. The van der Waals surface area contributed by atoms with E-state index in [4.69, 9.17) is 9.47 Å². The van der Waals surface area contributed by atoms with Crippen molar-refractivity contribution in [2.75, 3.05) is 13.1 Å². The number of alkyl carbamates (subject to hydrolysis) is 2. The topological polar surface area (TPSA) is 76.7 Å². The zero-order valence-electron chi connectivity index (χ0n) is 26.8. The summed E-state index contributed by atoms with van der Waals surface area (Å²) in [5.74, 6) is 0. The van der Waals surface area contributed by atoms with Gasteiger partial charge in [-0.2, -0.15) is 0 Å². The smallest absolute Gasteiger partial charge is 0.407 e. The summed E-state index contributed by atoms with van der Waals surface area (Å²) in [4.78, 5) is 23.9. The molecule has 2 aromatic carbocycles. The third-order valence-electron chi connectivity index (χ3n) is 7.68. The molecule has 0 radical (unpaired) electrons. The number of hydrogen-bond donors (Lipinski definition) is 2. The van der Waals surface area contributed by atoms with Crippen LogP contribution in [-0.4, -0.2) is 36.5 Å². The maximum Gasteiger partial charge on any atom is 0.407 e. The Kier molecular flexibility index (Phi) is 13.2. The van der Waals surface area contributed by atoms with Crippen LogP contribution in [0.2, 0.25) is 0 Å². The summed E-state index contributed by atoms with van der Waals surface area (Å²) in [6.45, 7) is 12.6. The Morgan fingerprint density at radius 2 is 1.14 bits per heavy atom. The fourth-order valence-corrected chi connectivity index (χ4v) is 6.78. The highest BCUT2D eigenvalue weighted by atomic mass is 127. The van der Waals surface area contributed by atoms with Gasteiger partial charge in [-0.3, -0.25) is 0 Å². The molecule has 43 heavy (non-hydrogen) atoms. The first-order chi connectivity index (χ1) is 20.2. The van der Waals surface area contributed by atoms with Gasteiger partial charge in [-0.15, -0.1) is 0 Å². The molecule has 2 N–H and O–H groups in total. The van der Waals surface area contributed by atoms with Crippen molar-refractivity contribution >= 4 is 50.7 Å². The average molecular weight is 770 g/mol. The second-order valence-corrected chi connectivity index (χ2v) is 15.8. The van der Waals surface area contributed by atoms with Gasteiger partial charge in [0, 0.05) is 26.5 Å². The highest BCUT2D eigenvalue weighted by Gasteiger charge is 2.42. The van der Waals surface area contributed by atoms with Gasteiger partial charge in [0.2, 0.25) is 0 Å². The number of fused-ring (bicyclic) bond motifs is 3. The number of amides is 2. The van der Waals surface area contributed by atoms with Gasteiger partial charge < -0.3 is 20.1 Å². The summed E-state index contributed by atoms with van der Waals surface area (Å²) >= 11 is 6.21. The van der Waals surface area contributed by atoms with Crippen molar-refractivity contribution < 1.29 is 19.1 Å². The summed E-state index contributed by atoms with van der Waals surface area (Å²) < 4.78 is 13.1. The molecule has 8 heteroatoms. The van der Waals surface area contributed by atoms with Crippen molar-refractivity contribution in [2.24, 2.45) is 0 Å². The Labute approximate surface area is 281 Å². The Bertz CT molecular complexity index is 1140. The van der Waals surface area contributed by atoms with Crippen molar-refractivity contribution in [1.29, 1.82) is 0 Å². The Morgan fingerprint density at radius 3 is 1.63 bits per heavy atom. The Balaban J connectivity index is 1.60. The van der Waals surface area contributed by atoms with Crippen molar-refractivity contribution in [3.05, 3.63) is 55.6 Å². The lowest BCUT2D eigenvalue weighted by atomic mass is 9.70. The second kappa shape index (κ2) is 16.0. The lowest BCUT2D eigenvalue weighted by Crippen LogP contribution is -2.33. The highest BCUT2D eigenvalue weighted by Crippen LogP contribution is 2.55. The SMILES string of the molecule is CC(C)(C)OC(=O)NCCCCCCC1(CCCCCCNC(=O)OC(C)(C)C)c2cc(Br)ccc2-c2ccc(I)cc21. The molecule has 1 aliphatic carbocycles. The molecule has 0 unspecified atom stereocenters. The standard InChI is InChI=1S/C35H50BrIN2O4/c1-33(2,3)42-31(40)38-21-13-9-7-11-19-35(20-12-8-10-14-22-39-32(41)43-34(4,5)6)29-23-25(36)15-17-27(29)28-18-16-26(37)24-30(28)35/h15-18,23-24H,7-14,19-22H2,1-6H3,(H,38,40)(H,39,41). The number of rotatable bonds is 14. The van der Waals surface area contributed by atoms with Gasteiger partial charge in [0.25, 0.3) is 0 Å². The van der Waals surface area contributed by atoms with Crippen LogP contribution < -0.4 is 10.6 Å². The van der Waals surface area contributed by atoms with Gasteiger partial charge in [-0.25, -0.2) is 9.59 Å². The van der Waals surface area contributed by atoms with E-state index in [1.54, 1.807) is 0 Å². The van der Waals surface area contributed by atoms with Crippen LogP contribution in [0.25, 0.3) is 11.1 Å². The highest BCUT2D eigenvalue weighted by molar-refractivity contribution is 14.1. The van der Waals surface area contributed by atoms with E-state index in [-0.39, 0.29) is 17.6 Å². The second-order valence-electron chi connectivity index (χ2n) is 13.6. The summed E-state index contributed by atoms with van der Waals surface area (Å²) in [7, 11) is 0. The van der Waals surface area contributed by atoms with Crippen LogP contribution >= 0.6 is 38.5 Å². The lowest BCUT2D eigenvalue weighted by molar-refractivity contribution is 0.0515. The summed E-state index contributed by atoms with van der Waals surface area (Å²) in [6, 6.07) is 13.7. The Morgan fingerprint density at radius 1 is 0.698 bits per heavy atom. The summed E-state index contributed by atoms with van der Waals surface area (Å²) in [5.41, 5.74) is 4.66. The zero-order chi connectivity index (χ0) is 31.7. The number of benzene rings is 2. The van der Waals surface area contributed by atoms with Crippen LogP contribution in [0.4, 0.5) is 9.59 Å². The van der Waals surface area contributed by atoms with E-state index in [9.17, 15) is 9.59 Å². The molecule has 0 spiro atoms. The molecule has 2 aromatic rings. The molecule has 0 fully saturated rings. The molecule has 6 nitrogen and oxygen atoms in total. The van der Waals surface area contributed by atoms with Crippen LogP contribution in [0.5, 0.6) is 0 Å². The van der Waals surface area contributed by atoms with Crippen LogP contribution in [-0.2, 0) is 14.9 Å². The van der Waals surface area contributed by atoms with E-state index < -0.39 is 11.2 Å². The van der Waals surface area contributed by atoms with E-state index >= 15 is 0 Å². The zero-order valence-corrected chi connectivity index (χ0v) is 30.6. The molecule has 0 saturated heterocycles. The minimum atomic E-state index is -0.476. The monoisotopic (exact) mass is 768 g/mol. The number of nitrogens with one attached hydrogen (secondary N) is 2. The molecular weight excluding hydrogens is 719 g/mol. The fraction of sp³-hybridized carbons (Fsp3) is 0.600. The molecule has 0 atom stereocenters. The number of hydrogen-bond acceptors (Lipinski definition) is 4. The molecule has 0 aliphatic heterocycles. The summed E-state index contributed by atoms with van der Waals surface area (Å²) in [6.07, 6.45) is 10.0. The third kappa shape index (κ3) is 11.2. The minimum absolute atomic E-state index is 0.0147. The first kappa shape index (κ1) is 35.7. The maximum absolute atomic E-state index is 12.0. The largest absolute Gasteiger partial charge is 0.444 e. The van der Waals surface area contributed by atoms with Crippen LogP contribution in [0.1, 0.15) is 117 Å². The van der Waals surface area contributed by atoms with Gasteiger partial charge in [-0.1, -0.05) is 66.6 Å². The molecule has 1 aliphatic rings. The number of carbonyl (C=O) groups is 2. The number of halogens is 2. The van der Waals surface area contributed by atoms with Gasteiger partial charge in [-0.05, 0) is 136 Å². The van der Waals surface area contributed by atoms with Crippen LogP contribution in [0.15, 0.2) is 40.9 Å². The van der Waals surface area contributed by atoms with Gasteiger partial charge in [0.1, 0.15) is 11.2 Å². The van der Waals surface area contributed by atoms with Gasteiger partial charge in [0.05, 0.1) is 0 Å². The molecule has 0 bridgehead atoms. The first-order valence-electron chi connectivity index (χ1n) is 15.7. The molecule has 0 aromatic heterocycles. The normalized spacial score (nSPS) is 13.7. The quantitative estimate of drug-likeness (QED) is 0.148. The van der Waals surface area contributed by atoms with E-state index in [0.717, 1.165) is 68.7 Å². The van der Waals surface area contributed by atoms with Crippen molar-refractivity contribution in [1.82, 2.24) is 10.6 Å². The van der Waals surface area contributed by atoms with Crippen molar-refractivity contribution in [3.63, 3.8) is 0 Å². The Hall–Kier alpha value is -1.81. The molecule has 0 heterocycles. The third-order valence-corrected chi connectivity index (χ3v) is 8.85. The minimum Gasteiger partial charge on any atom is -0.444 e. The van der Waals surface area contributed by atoms with E-state index in [1.165, 1.54) is 25.8 Å². The predicted molar refractivity (Wildman–Crippen MR) is 188 cm³/mol. The van der Waals surface area contributed by atoms with Crippen molar-refractivity contribution in [3.8, 4) is 11.1 Å². The molecule has 2 amide bonds. The summed E-state index contributed by atoms with van der Waals surface area (Å²) in [5, 5.41) is 5.77. The van der Waals surface area contributed by atoms with Crippen LogP contribution in [0, 0.1) is 3.57 Å². The first-order valence-corrected chi connectivity index (χ1v) is 17.6. The fourth-order valence-electron chi connectivity index (χ4n) is 5.92. The van der Waals surface area contributed by atoms with Gasteiger partial charge >= 0.3 is 12.2 Å². The van der Waals surface area contributed by atoms with Gasteiger partial charge in [0.15, 0.2) is 0 Å². The predicted octanol–water partition coefficient (Wildman–Crippen LogP) is 10.3. The maximum atomic E-state index is 12.0. The number of carbonyl (C=O) groups excluding carboxylic acids is 2. The molecule has 238 valence electrons. The van der Waals surface area contributed by atoms with Crippen LogP contribution in [0.3, 0.4) is 0 Å². The molecular formula is C35H50BrIN2O4. The van der Waals surface area contributed by atoms with E-state index in [0.29, 0.717) is 13.1 Å². The van der Waals surface area contributed by atoms with E-state index in [2.05, 4.69) is 85.6 Å². The number of unbranched alkanes of at least 4 members (excludes halogenated alkanes) is 6. The van der Waals surface area contributed by atoms with Crippen molar-refractivity contribution in [2.45, 2.75) is 122 Å². The lowest BCUT2D eigenvalue weighted by Gasteiger charge is -2.33. The number of ether oxygens (including phenoxy) is 2. The molecule has 3 rings (SSSR count).